The van der Waals surface area contributed by atoms with Crippen molar-refractivity contribution in [3.05, 3.63) is 89.2 Å². The van der Waals surface area contributed by atoms with Crippen molar-refractivity contribution >= 4 is 34.1 Å². The Morgan fingerprint density at radius 1 is 0.781 bits per heavy atom. The van der Waals surface area contributed by atoms with Crippen molar-refractivity contribution in [3.63, 3.8) is 0 Å². The Kier molecular flexibility index (Phi) is 5.51. The Bertz CT molecular complexity index is 1550. The predicted octanol–water partition coefficient (Wildman–Crippen LogP) is 3.66. The smallest absolute Gasteiger partial charge is 0.180 e. The number of nitrogens with zero attached hydrogens (tertiary/aromatic N) is 4. The molecular formula is C22H12F4N4S2. The summed E-state index contributed by atoms with van der Waals surface area (Å²) in [6.07, 6.45) is 3.84. The van der Waals surface area contributed by atoms with Gasteiger partial charge in [0.2, 0.25) is 0 Å². The fourth-order valence-electron chi connectivity index (χ4n) is 3.32. The summed E-state index contributed by atoms with van der Waals surface area (Å²) in [5.74, 6) is -6.23. The molecule has 0 bridgehead atoms. The molecule has 0 spiro atoms. The van der Waals surface area contributed by atoms with Gasteiger partial charge < -0.3 is 9.80 Å². The number of hydrogen-bond acceptors (Lipinski definition) is 6. The number of benzene rings is 1. The highest BCUT2D eigenvalue weighted by Gasteiger charge is 2.28. The summed E-state index contributed by atoms with van der Waals surface area (Å²) in [7, 11) is 3.84. The van der Waals surface area contributed by atoms with Crippen molar-refractivity contribution in [1.82, 2.24) is 9.80 Å². The molecule has 10 heteroatoms. The van der Waals surface area contributed by atoms with E-state index in [9.17, 15) is 22.8 Å². The molecular weight excluding hydrogens is 460 g/mol. The number of hydrogen-bond donors (Lipinski definition) is 0. The van der Waals surface area contributed by atoms with Crippen molar-refractivity contribution in [1.29, 1.82) is 10.5 Å². The molecule has 0 N–H and O–H groups in total. The highest BCUT2D eigenvalue weighted by atomic mass is 32.1. The molecule has 1 aliphatic heterocycles. The average Bonchev–Trinajstić information content (AvgIpc) is 3.50. The zero-order valence-electron chi connectivity index (χ0n) is 16.6. The fourth-order valence-corrected chi connectivity index (χ4v) is 5.55. The lowest BCUT2D eigenvalue weighted by Gasteiger charge is -2.16. The molecule has 0 aliphatic carbocycles. The van der Waals surface area contributed by atoms with E-state index < -0.39 is 40.0 Å². The summed E-state index contributed by atoms with van der Waals surface area (Å²) < 4.78 is 59.8. The van der Waals surface area contributed by atoms with Gasteiger partial charge in [0.05, 0.1) is 15.7 Å². The maximum atomic E-state index is 14.5. The highest BCUT2D eigenvalue weighted by molar-refractivity contribution is 7.11. The number of rotatable bonds is 1. The minimum atomic E-state index is -1.83. The largest absolute Gasteiger partial charge is 0.335 e. The minimum Gasteiger partial charge on any atom is -0.335 e. The normalized spacial score (nSPS) is 15.2. The van der Waals surface area contributed by atoms with Crippen LogP contribution in [-0.4, -0.2) is 23.9 Å². The first-order valence-corrected chi connectivity index (χ1v) is 10.7. The Labute approximate surface area is 187 Å². The van der Waals surface area contributed by atoms with Crippen molar-refractivity contribution < 1.29 is 17.6 Å². The topological polar surface area (TPSA) is 54.1 Å². The van der Waals surface area contributed by atoms with Gasteiger partial charge in [-0.05, 0) is 24.3 Å². The first-order valence-electron chi connectivity index (χ1n) is 9.03. The van der Waals surface area contributed by atoms with Crippen LogP contribution in [0.3, 0.4) is 0 Å². The van der Waals surface area contributed by atoms with Crippen LogP contribution in [0.2, 0.25) is 0 Å². The lowest BCUT2D eigenvalue weighted by atomic mass is 10.0. The summed E-state index contributed by atoms with van der Waals surface area (Å²) in [5.41, 5.74) is -3.05. The van der Waals surface area contributed by atoms with Crippen LogP contribution in [-0.2, 0) is 0 Å². The van der Waals surface area contributed by atoms with Gasteiger partial charge in [0.25, 0.3) is 0 Å². The molecule has 2 aromatic heterocycles. The van der Waals surface area contributed by atoms with Gasteiger partial charge in [0.1, 0.15) is 23.5 Å². The van der Waals surface area contributed by atoms with E-state index in [-0.39, 0.29) is 4.53 Å². The number of thiophene rings is 2. The lowest BCUT2D eigenvalue weighted by molar-refractivity contribution is 0.447. The summed E-state index contributed by atoms with van der Waals surface area (Å²) in [6.45, 7) is 0. The first-order chi connectivity index (χ1) is 15.3. The molecule has 3 aromatic rings. The summed E-state index contributed by atoms with van der Waals surface area (Å²) in [6, 6.07) is 9.70. The van der Waals surface area contributed by atoms with Crippen LogP contribution in [0.25, 0.3) is 11.4 Å². The summed E-state index contributed by atoms with van der Waals surface area (Å²) >= 11 is 2.55. The van der Waals surface area contributed by atoms with Gasteiger partial charge in [-0.3, -0.25) is 0 Å². The second-order valence-electron chi connectivity index (χ2n) is 6.78. The standard InChI is InChI=1S/C22H12F4N4S2/c1-29-7-8-30(2)22(29)16-6-5-15(32-16)14-4-3-13(31-14)11(9-27)17-20(25)18(23)12(10-28)19(24)21(17)26/h3-8H,1-2H3/b13-11-,15-14+. The maximum Gasteiger partial charge on any atom is 0.180 e. The van der Waals surface area contributed by atoms with Gasteiger partial charge in [0.15, 0.2) is 23.3 Å². The molecule has 0 unspecified atom stereocenters. The molecule has 0 amide bonds. The molecule has 0 atom stereocenters. The third-order valence-electron chi connectivity index (χ3n) is 4.84. The third kappa shape index (κ3) is 3.34. The highest BCUT2D eigenvalue weighted by Crippen LogP contribution is 2.28. The second kappa shape index (κ2) is 8.15. The molecule has 1 aromatic carbocycles. The minimum absolute atomic E-state index is 0.142. The average molecular weight is 472 g/mol. The Hall–Kier alpha value is -3.60. The maximum absolute atomic E-state index is 14.5. The van der Waals surface area contributed by atoms with E-state index in [4.69, 9.17) is 5.26 Å². The molecule has 0 radical (unpaired) electrons. The molecule has 0 saturated heterocycles. The molecule has 4 rings (SSSR count). The van der Waals surface area contributed by atoms with Gasteiger partial charge in [-0.2, -0.15) is 10.5 Å². The van der Waals surface area contributed by atoms with Crippen molar-refractivity contribution in [2.24, 2.45) is 0 Å². The van der Waals surface area contributed by atoms with Crippen LogP contribution >= 0.6 is 22.7 Å². The summed E-state index contributed by atoms with van der Waals surface area (Å²) in [5, 5.41) is 18.3. The molecule has 0 saturated carbocycles. The van der Waals surface area contributed by atoms with Crippen molar-refractivity contribution in [2.45, 2.75) is 0 Å². The van der Waals surface area contributed by atoms with Crippen LogP contribution in [0.5, 0.6) is 0 Å². The van der Waals surface area contributed by atoms with Crippen molar-refractivity contribution in [3.8, 4) is 12.1 Å². The molecule has 1 aliphatic rings. The van der Waals surface area contributed by atoms with Gasteiger partial charge in [-0.15, -0.1) is 22.7 Å². The molecule has 160 valence electrons. The molecule has 3 heterocycles. The Morgan fingerprint density at radius 3 is 1.88 bits per heavy atom. The van der Waals surface area contributed by atoms with Crippen LogP contribution < -0.4 is 9.06 Å². The quantitative estimate of drug-likeness (QED) is 0.401. The van der Waals surface area contributed by atoms with Gasteiger partial charge in [-0.25, -0.2) is 17.6 Å². The van der Waals surface area contributed by atoms with E-state index in [1.807, 2.05) is 48.4 Å². The first kappa shape index (κ1) is 21.6. The number of nitriles is 2. The van der Waals surface area contributed by atoms with Crippen LogP contribution in [0.15, 0.2) is 36.7 Å². The van der Waals surface area contributed by atoms with Crippen molar-refractivity contribution in [2.75, 3.05) is 14.1 Å². The predicted molar refractivity (Wildman–Crippen MR) is 113 cm³/mol. The van der Waals surface area contributed by atoms with E-state index in [1.165, 1.54) is 17.4 Å². The lowest BCUT2D eigenvalue weighted by Crippen LogP contribution is -2.21. The van der Waals surface area contributed by atoms with Crippen LogP contribution in [0, 0.1) is 55.0 Å². The molecule has 32 heavy (non-hydrogen) atoms. The Balaban J connectivity index is 1.99. The fraction of sp³-hybridized carbons (Fsp3) is 0.0909. The van der Waals surface area contributed by atoms with E-state index in [1.54, 1.807) is 12.1 Å². The van der Waals surface area contributed by atoms with Crippen LogP contribution in [0.4, 0.5) is 17.6 Å². The zero-order valence-corrected chi connectivity index (χ0v) is 18.2. The Morgan fingerprint density at radius 2 is 1.31 bits per heavy atom. The third-order valence-corrected chi connectivity index (χ3v) is 7.22. The molecule has 0 fully saturated rings. The number of halogens is 4. The molecule has 4 nitrogen and oxygen atoms in total. The van der Waals surface area contributed by atoms with E-state index in [2.05, 4.69) is 0 Å². The zero-order chi connectivity index (χ0) is 23.2. The van der Waals surface area contributed by atoms with E-state index in [0.29, 0.717) is 0 Å². The SMILES string of the molecule is CN1C=CN(C)C1=c1cc/c(=c2/cc/c(=C(\C#N)c3c(F)c(F)c(C#N)c(F)c3F)s2)s1. The summed E-state index contributed by atoms with van der Waals surface area (Å²) in [4.78, 5) is 3.94. The monoisotopic (exact) mass is 472 g/mol. The second-order valence-corrected chi connectivity index (χ2v) is 8.94. The van der Waals surface area contributed by atoms with E-state index in [0.717, 1.165) is 36.8 Å². The van der Waals surface area contributed by atoms with Gasteiger partial charge in [-0.1, -0.05) is 0 Å². The van der Waals surface area contributed by atoms with Gasteiger partial charge in [0, 0.05) is 40.1 Å². The van der Waals surface area contributed by atoms with E-state index >= 15 is 0 Å². The van der Waals surface area contributed by atoms with Gasteiger partial charge >= 0.3 is 0 Å². The van der Waals surface area contributed by atoms with Crippen LogP contribution in [0.1, 0.15) is 11.1 Å².